The Morgan fingerprint density at radius 3 is 2.52 bits per heavy atom. The number of hydrogen-bond donors (Lipinski definition) is 3. The molecule has 2 amide bonds. The molecule has 2 aromatic carbocycles. The van der Waals surface area contributed by atoms with Crippen molar-refractivity contribution < 1.29 is 28.0 Å². The topological polar surface area (TPSA) is 125 Å². The normalized spacial score (nSPS) is 14.7. The number of nitrogens with one attached hydrogen (secondary N) is 2. The molecule has 10 heteroatoms. The summed E-state index contributed by atoms with van der Waals surface area (Å²) in [5.74, 6) is -0.726. The highest BCUT2D eigenvalue weighted by atomic mass is 32.2. The van der Waals surface area contributed by atoms with E-state index in [9.17, 15) is 18.0 Å². The first-order chi connectivity index (χ1) is 12.8. The molecule has 0 bridgehead atoms. The van der Waals surface area contributed by atoms with E-state index in [0.717, 1.165) is 4.31 Å². The first-order valence-corrected chi connectivity index (χ1v) is 9.30. The van der Waals surface area contributed by atoms with E-state index >= 15 is 0 Å². The second-order valence-corrected chi connectivity index (χ2v) is 7.75. The highest BCUT2D eigenvalue weighted by Gasteiger charge is 2.30. The van der Waals surface area contributed by atoms with Crippen LogP contribution in [0, 0.1) is 0 Å². The van der Waals surface area contributed by atoms with E-state index < -0.39 is 21.8 Å². The van der Waals surface area contributed by atoms with E-state index in [4.69, 9.17) is 9.94 Å². The first kappa shape index (κ1) is 18.8. The number of fused-ring (bicyclic) bond motifs is 1. The number of anilines is 1. The van der Waals surface area contributed by atoms with Gasteiger partial charge in [-0.25, -0.2) is 13.9 Å². The second kappa shape index (κ2) is 7.35. The van der Waals surface area contributed by atoms with Crippen molar-refractivity contribution in [3.8, 4) is 5.75 Å². The van der Waals surface area contributed by atoms with Gasteiger partial charge in [0.15, 0.2) is 0 Å². The summed E-state index contributed by atoms with van der Waals surface area (Å²) in [7, 11) is -2.49. The zero-order valence-electron chi connectivity index (χ0n) is 14.3. The molecule has 0 saturated carbocycles. The van der Waals surface area contributed by atoms with Crippen molar-refractivity contribution in [2.45, 2.75) is 11.4 Å². The minimum atomic E-state index is -3.96. The largest absolute Gasteiger partial charge is 0.497 e. The Labute approximate surface area is 155 Å². The molecule has 1 aliphatic rings. The molecule has 27 heavy (non-hydrogen) atoms. The number of carbonyl (C=O) groups excluding carboxylic acids is 2. The fourth-order valence-electron chi connectivity index (χ4n) is 2.71. The summed E-state index contributed by atoms with van der Waals surface area (Å²) >= 11 is 0. The molecule has 0 radical (unpaired) electrons. The molecule has 9 nitrogen and oxygen atoms in total. The third kappa shape index (κ3) is 3.77. The third-order valence-electron chi connectivity index (χ3n) is 4.11. The smallest absolute Gasteiger partial charge is 0.274 e. The van der Waals surface area contributed by atoms with E-state index in [1.165, 1.54) is 55.1 Å². The third-order valence-corrected chi connectivity index (χ3v) is 5.91. The predicted octanol–water partition coefficient (Wildman–Crippen LogP) is 0.957. The lowest BCUT2D eigenvalue weighted by atomic mass is 10.1. The Hall–Kier alpha value is -2.95. The van der Waals surface area contributed by atoms with Crippen molar-refractivity contribution in [1.29, 1.82) is 0 Å². The van der Waals surface area contributed by atoms with Gasteiger partial charge in [-0.2, -0.15) is 4.31 Å². The quantitative estimate of drug-likeness (QED) is 0.527. The highest BCUT2D eigenvalue weighted by molar-refractivity contribution is 7.89. The first-order valence-electron chi connectivity index (χ1n) is 7.86. The lowest BCUT2D eigenvalue weighted by molar-refractivity contribution is -0.116. The van der Waals surface area contributed by atoms with E-state index in [-0.39, 0.29) is 23.5 Å². The Morgan fingerprint density at radius 1 is 1.19 bits per heavy atom. The minimum Gasteiger partial charge on any atom is -0.497 e. The summed E-state index contributed by atoms with van der Waals surface area (Å²) in [4.78, 5) is 23.8. The minimum absolute atomic E-state index is 0.0174. The van der Waals surface area contributed by atoms with Crippen LogP contribution in [-0.2, 0) is 21.4 Å². The molecule has 142 valence electrons. The van der Waals surface area contributed by atoms with Crippen molar-refractivity contribution in [2.75, 3.05) is 19.0 Å². The number of sulfonamides is 1. The average molecular weight is 391 g/mol. The zero-order valence-corrected chi connectivity index (χ0v) is 15.1. The van der Waals surface area contributed by atoms with Crippen LogP contribution < -0.4 is 15.5 Å². The molecule has 0 aromatic heterocycles. The summed E-state index contributed by atoms with van der Waals surface area (Å²) in [6, 6.07) is 10.1. The van der Waals surface area contributed by atoms with Gasteiger partial charge in [0, 0.05) is 17.8 Å². The zero-order chi connectivity index (χ0) is 19.6. The average Bonchev–Trinajstić information content (AvgIpc) is 2.85. The van der Waals surface area contributed by atoms with Gasteiger partial charge in [0.25, 0.3) is 5.91 Å². The molecule has 1 aliphatic heterocycles. The van der Waals surface area contributed by atoms with Crippen molar-refractivity contribution >= 4 is 27.5 Å². The maximum absolute atomic E-state index is 13.0. The molecule has 2 aromatic rings. The number of rotatable bonds is 4. The molecule has 3 N–H and O–H groups in total. The van der Waals surface area contributed by atoms with Crippen LogP contribution in [0.15, 0.2) is 47.4 Å². The Kier molecular flexibility index (Phi) is 5.13. The Balaban J connectivity index is 1.98. The van der Waals surface area contributed by atoms with Crippen LogP contribution in [0.1, 0.15) is 15.9 Å². The summed E-state index contributed by atoms with van der Waals surface area (Å²) in [6.07, 6.45) is 0. The molecule has 0 fully saturated rings. The van der Waals surface area contributed by atoms with Gasteiger partial charge < -0.3 is 10.1 Å². The van der Waals surface area contributed by atoms with Crippen LogP contribution in [0.25, 0.3) is 0 Å². The summed E-state index contributed by atoms with van der Waals surface area (Å²) in [6.45, 7) is -0.487. The van der Waals surface area contributed by atoms with E-state index in [1.54, 1.807) is 0 Å². The fraction of sp³-hybridized carbons (Fsp3) is 0.176. The van der Waals surface area contributed by atoms with Gasteiger partial charge in [0.2, 0.25) is 15.9 Å². The summed E-state index contributed by atoms with van der Waals surface area (Å²) in [5.41, 5.74) is 2.49. The van der Waals surface area contributed by atoms with Crippen molar-refractivity contribution in [2.24, 2.45) is 0 Å². The SMILES string of the molecule is COc1ccc(S(=O)(=O)N2CC(=O)Nc3ccc(C(=O)NO)cc3C2)cc1. The number of carbonyl (C=O) groups is 2. The van der Waals surface area contributed by atoms with Crippen molar-refractivity contribution in [3.63, 3.8) is 0 Å². The standard InChI is InChI=1S/C17H17N3O6S/c1-26-13-3-5-14(6-4-13)27(24,25)20-9-12-8-11(17(22)19-23)2-7-15(12)18-16(21)10-20/h2-8,23H,9-10H2,1H3,(H,18,21)(H,19,22). The number of ether oxygens (including phenoxy) is 1. The van der Waals surface area contributed by atoms with Crippen LogP contribution in [-0.4, -0.2) is 43.4 Å². The van der Waals surface area contributed by atoms with E-state index in [2.05, 4.69) is 5.32 Å². The highest BCUT2D eigenvalue weighted by Crippen LogP contribution is 2.27. The number of hydroxylamine groups is 1. The van der Waals surface area contributed by atoms with Gasteiger partial charge in [-0.3, -0.25) is 14.8 Å². The van der Waals surface area contributed by atoms with Gasteiger partial charge in [-0.05, 0) is 48.0 Å². The number of methoxy groups -OCH3 is 1. The predicted molar refractivity (Wildman–Crippen MR) is 94.9 cm³/mol. The molecule has 3 rings (SSSR count). The van der Waals surface area contributed by atoms with E-state index in [1.807, 2.05) is 0 Å². The Bertz CT molecular complexity index is 988. The number of benzene rings is 2. The second-order valence-electron chi connectivity index (χ2n) is 5.81. The van der Waals surface area contributed by atoms with Gasteiger partial charge >= 0.3 is 0 Å². The van der Waals surface area contributed by atoms with Crippen molar-refractivity contribution in [3.05, 3.63) is 53.6 Å². The lowest BCUT2D eigenvalue weighted by Gasteiger charge is -2.19. The number of hydrogen-bond acceptors (Lipinski definition) is 6. The summed E-state index contributed by atoms with van der Waals surface area (Å²) < 4.78 is 32.0. The maximum atomic E-state index is 13.0. The Morgan fingerprint density at radius 2 is 1.89 bits per heavy atom. The van der Waals surface area contributed by atoms with Crippen LogP contribution in [0.3, 0.4) is 0 Å². The number of amides is 2. The molecule has 1 heterocycles. The lowest BCUT2D eigenvalue weighted by Crippen LogP contribution is -2.35. The molecule has 0 unspecified atom stereocenters. The molecule has 0 spiro atoms. The van der Waals surface area contributed by atoms with Gasteiger partial charge in [-0.15, -0.1) is 0 Å². The molecular weight excluding hydrogens is 374 g/mol. The monoisotopic (exact) mass is 391 g/mol. The fourth-order valence-corrected chi connectivity index (χ4v) is 4.09. The van der Waals surface area contributed by atoms with Crippen LogP contribution in [0.4, 0.5) is 5.69 Å². The van der Waals surface area contributed by atoms with E-state index in [0.29, 0.717) is 17.0 Å². The van der Waals surface area contributed by atoms with Gasteiger partial charge in [0.05, 0.1) is 18.6 Å². The molecule has 0 saturated heterocycles. The van der Waals surface area contributed by atoms with Crippen LogP contribution in [0.2, 0.25) is 0 Å². The van der Waals surface area contributed by atoms with Crippen molar-refractivity contribution in [1.82, 2.24) is 9.79 Å². The van der Waals surface area contributed by atoms with Gasteiger partial charge in [-0.1, -0.05) is 0 Å². The summed E-state index contributed by atoms with van der Waals surface area (Å²) in [5, 5.41) is 11.4. The molecule has 0 atom stereocenters. The number of nitrogens with zero attached hydrogens (tertiary/aromatic N) is 1. The maximum Gasteiger partial charge on any atom is 0.274 e. The molecular formula is C17H17N3O6S. The molecule has 0 aliphatic carbocycles. The van der Waals surface area contributed by atoms with Crippen LogP contribution >= 0.6 is 0 Å². The van der Waals surface area contributed by atoms with Gasteiger partial charge in [0.1, 0.15) is 5.75 Å². The van der Waals surface area contributed by atoms with Crippen LogP contribution in [0.5, 0.6) is 5.75 Å².